The zero-order valence-electron chi connectivity index (χ0n) is 12.8. The topological polar surface area (TPSA) is 29.1 Å². The lowest BCUT2D eigenvalue weighted by atomic mass is 10.0. The summed E-state index contributed by atoms with van der Waals surface area (Å²) in [6, 6.07) is 15.8. The number of hydrogen-bond donors (Lipinski definition) is 1. The Morgan fingerprint density at radius 3 is 2.55 bits per heavy atom. The summed E-state index contributed by atoms with van der Waals surface area (Å²) in [5.41, 5.74) is 3.18. The molecule has 2 aromatic rings. The standard InChI is InChI=1S/C19H20ClNO/c1-12(2)13-7-4-6-10-18(13)21-19(22)16-11-15(16)14-8-3-5-9-17(14)20/h3-10,12,15-16H,11H2,1-2H3,(H,21,22). The van der Waals surface area contributed by atoms with Crippen LogP contribution in [-0.4, -0.2) is 5.91 Å². The highest BCUT2D eigenvalue weighted by molar-refractivity contribution is 6.31. The number of carbonyl (C=O) groups excluding carboxylic acids is 1. The van der Waals surface area contributed by atoms with Gasteiger partial charge in [0.15, 0.2) is 0 Å². The van der Waals surface area contributed by atoms with Crippen molar-refractivity contribution in [3.05, 3.63) is 64.7 Å². The Morgan fingerprint density at radius 2 is 1.82 bits per heavy atom. The van der Waals surface area contributed by atoms with E-state index in [1.54, 1.807) is 0 Å². The fourth-order valence-electron chi connectivity index (χ4n) is 2.94. The highest BCUT2D eigenvalue weighted by Gasteiger charge is 2.44. The molecule has 2 aromatic carbocycles. The van der Waals surface area contributed by atoms with Gasteiger partial charge in [-0.2, -0.15) is 0 Å². The van der Waals surface area contributed by atoms with Crippen molar-refractivity contribution in [2.24, 2.45) is 5.92 Å². The van der Waals surface area contributed by atoms with Gasteiger partial charge < -0.3 is 5.32 Å². The lowest BCUT2D eigenvalue weighted by molar-refractivity contribution is -0.117. The van der Waals surface area contributed by atoms with Crippen LogP contribution in [0.3, 0.4) is 0 Å². The first-order valence-electron chi connectivity index (χ1n) is 7.72. The number of para-hydroxylation sites is 1. The molecule has 0 aliphatic heterocycles. The molecular formula is C19H20ClNO. The van der Waals surface area contributed by atoms with E-state index in [0.29, 0.717) is 5.92 Å². The molecule has 3 heteroatoms. The minimum absolute atomic E-state index is 0.0279. The highest BCUT2D eigenvalue weighted by Crippen LogP contribution is 2.50. The molecule has 1 N–H and O–H groups in total. The predicted molar refractivity (Wildman–Crippen MR) is 91.5 cm³/mol. The molecular weight excluding hydrogens is 294 g/mol. The smallest absolute Gasteiger partial charge is 0.228 e. The number of benzene rings is 2. The minimum atomic E-state index is 0.0279. The van der Waals surface area contributed by atoms with Gasteiger partial charge in [0.05, 0.1) is 0 Å². The van der Waals surface area contributed by atoms with E-state index in [9.17, 15) is 4.79 Å². The van der Waals surface area contributed by atoms with Gasteiger partial charge in [-0.3, -0.25) is 4.79 Å². The van der Waals surface area contributed by atoms with Gasteiger partial charge in [-0.05, 0) is 41.5 Å². The average molecular weight is 314 g/mol. The Bertz CT molecular complexity index is 695. The number of nitrogens with one attached hydrogen (secondary N) is 1. The Kier molecular flexibility index (Phi) is 4.21. The summed E-state index contributed by atoms with van der Waals surface area (Å²) in [6.07, 6.45) is 0.874. The Morgan fingerprint density at radius 1 is 1.14 bits per heavy atom. The van der Waals surface area contributed by atoms with Crippen molar-refractivity contribution in [1.29, 1.82) is 0 Å². The largest absolute Gasteiger partial charge is 0.326 e. The summed E-state index contributed by atoms with van der Waals surface area (Å²) in [7, 11) is 0. The Balaban J connectivity index is 1.71. The van der Waals surface area contributed by atoms with Gasteiger partial charge in [-0.15, -0.1) is 0 Å². The van der Waals surface area contributed by atoms with E-state index in [-0.39, 0.29) is 17.7 Å². The molecule has 2 atom stereocenters. The van der Waals surface area contributed by atoms with Crippen LogP contribution in [0.1, 0.15) is 43.2 Å². The predicted octanol–water partition coefficient (Wildman–Crippen LogP) is 5.21. The van der Waals surface area contributed by atoms with Crippen LogP contribution in [0.5, 0.6) is 0 Å². The molecule has 2 unspecified atom stereocenters. The quantitative estimate of drug-likeness (QED) is 0.825. The van der Waals surface area contributed by atoms with E-state index in [1.807, 2.05) is 42.5 Å². The maximum Gasteiger partial charge on any atom is 0.228 e. The molecule has 0 spiro atoms. The monoisotopic (exact) mass is 313 g/mol. The maximum absolute atomic E-state index is 12.5. The van der Waals surface area contributed by atoms with Gasteiger partial charge in [0.1, 0.15) is 0 Å². The van der Waals surface area contributed by atoms with Crippen molar-refractivity contribution in [2.75, 3.05) is 5.32 Å². The number of halogens is 1. The third-order valence-corrected chi connectivity index (χ3v) is 4.62. The Hall–Kier alpha value is -1.80. The second kappa shape index (κ2) is 6.13. The normalized spacial score (nSPS) is 20.0. The van der Waals surface area contributed by atoms with E-state index in [1.165, 1.54) is 5.56 Å². The fraction of sp³-hybridized carbons (Fsp3) is 0.316. The molecule has 1 fully saturated rings. The zero-order chi connectivity index (χ0) is 15.7. The van der Waals surface area contributed by atoms with Crippen molar-refractivity contribution < 1.29 is 4.79 Å². The van der Waals surface area contributed by atoms with Crippen LogP contribution in [0.15, 0.2) is 48.5 Å². The van der Waals surface area contributed by atoms with Crippen molar-refractivity contribution in [2.45, 2.75) is 32.1 Å². The van der Waals surface area contributed by atoms with Crippen LogP contribution in [0.4, 0.5) is 5.69 Å². The lowest BCUT2D eigenvalue weighted by Gasteiger charge is -2.13. The summed E-state index contributed by atoms with van der Waals surface area (Å²) >= 11 is 6.22. The van der Waals surface area contributed by atoms with Crippen LogP contribution < -0.4 is 5.32 Å². The second-order valence-corrected chi connectivity index (χ2v) is 6.61. The number of rotatable bonds is 4. The first-order valence-corrected chi connectivity index (χ1v) is 8.10. The molecule has 3 rings (SSSR count). The van der Waals surface area contributed by atoms with Crippen molar-refractivity contribution in [3.8, 4) is 0 Å². The third kappa shape index (κ3) is 3.02. The number of anilines is 1. The van der Waals surface area contributed by atoms with E-state index < -0.39 is 0 Å². The molecule has 114 valence electrons. The molecule has 0 aromatic heterocycles. The number of amides is 1. The zero-order valence-corrected chi connectivity index (χ0v) is 13.6. The van der Waals surface area contributed by atoms with Crippen LogP contribution >= 0.6 is 11.6 Å². The molecule has 2 nitrogen and oxygen atoms in total. The third-order valence-electron chi connectivity index (χ3n) is 4.27. The van der Waals surface area contributed by atoms with Gasteiger partial charge in [-0.1, -0.05) is 61.8 Å². The highest BCUT2D eigenvalue weighted by atomic mass is 35.5. The first kappa shape index (κ1) is 15.1. The van der Waals surface area contributed by atoms with Gasteiger partial charge in [0.2, 0.25) is 5.91 Å². The van der Waals surface area contributed by atoms with Crippen LogP contribution in [0.2, 0.25) is 5.02 Å². The number of carbonyl (C=O) groups is 1. The van der Waals surface area contributed by atoms with E-state index in [4.69, 9.17) is 11.6 Å². The molecule has 0 saturated heterocycles. The van der Waals surface area contributed by atoms with Crippen molar-refractivity contribution in [3.63, 3.8) is 0 Å². The summed E-state index contributed by atoms with van der Waals surface area (Å²) in [4.78, 5) is 12.5. The van der Waals surface area contributed by atoms with E-state index in [0.717, 1.165) is 22.7 Å². The molecule has 1 aliphatic rings. The summed E-state index contributed by atoms with van der Waals surface area (Å²) in [5, 5.41) is 3.85. The van der Waals surface area contributed by atoms with Crippen molar-refractivity contribution >= 4 is 23.2 Å². The molecule has 22 heavy (non-hydrogen) atoms. The van der Waals surface area contributed by atoms with Crippen LogP contribution in [-0.2, 0) is 4.79 Å². The molecule has 0 radical (unpaired) electrons. The van der Waals surface area contributed by atoms with Crippen molar-refractivity contribution in [1.82, 2.24) is 0 Å². The maximum atomic E-state index is 12.5. The first-order chi connectivity index (χ1) is 10.6. The molecule has 1 aliphatic carbocycles. The minimum Gasteiger partial charge on any atom is -0.326 e. The fourth-order valence-corrected chi connectivity index (χ4v) is 3.22. The van der Waals surface area contributed by atoms with Crippen LogP contribution in [0, 0.1) is 5.92 Å². The molecule has 0 bridgehead atoms. The van der Waals surface area contributed by atoms with Gasteiger partial charge in [0.25, 0.3) is 0 Å². The number of hydrogen-bond acceptors (Lipinski definition) is 1. The molecule has 1 amide bonds. The molecule has 0 heterocycles. The summed E-state index contributed by atoms with van der Waals surface area (Å²) in [5.74, 6) is 0.758. The van der Waals surface area contributed by atoms with E-state index in [2.05, 4.69) is 25.2 Å². The second-order valence-electron chi connectivity index (χ2n) is 6.20. The van der Waals surface area contributed by atoms with Crippen LogP contribution in [0.25, 0.3) is 0 Å². The van der Waals surface area contributed by atoms with Gasteiger partial charge in [-0.25, -0.2) is 0 Å². The average Bonchev–Trinajstić information content (AvgIpc) is 3.28. The van der Waals surface area contributed by atoms with Gasteiger partial charge in [0, 0.05) is 16.6 Å². The molecule has 1 saturated carbocycles. The van der Waals surface area contributed by atoms with E-state index >= 15 is 0 Å². The Labute approximate surface area is 136 Å². The van der Waals surface area contributed by atoms with Gasteiger partial charge >= 0.3 is 0 Å². The summed E-state index contributed by atoms with van der Waals surface area (Å²) < 4.78 is 0. The summed E-state index contributed by atoms with van der Waals surface area (Å²) in [6.45, 7) is 4.27. The lowest BCUT2D eigenvalue weighted by Crippen LogP contribution is -2.16. The SMILES string of the molecule is CC(C)c1ccccc1NC(=O)C1CC1c1ccccc1Cl.